The zero-order valence-electron chi connectivity index (χ0n) is 16.3. The normalized spacial score (nSPS) is 12.0. The second kappa shape index (κ2) is 8.67. The van der Waals surface area contributed by atoms with Crippen LogP contribution in [-0.4, -0.2) is 22.1 Å². The first-order valence-corrected chi connectivity index (χ1v) is 10.3. The Bertz CT molecular complexity index is 1190. The molecule has 5 nitrogen and oxygen atoms in total. The van der Waals surface area contributed by atoms with Crippen LogP contribution in [0.3, 0.4) is 0 Å². The molecule has 2 aromatic carbocycles. The first-order valence-electron chi connectivity index (χ1n) is 9.46. The van der Waals surface area contributed by atoms with E-state index < -0.39 is 11.8 Å². The molecule has 2 aromatic heterocycles. The third-order valence-electron chi connectivity index (χ3n) is 5.04. The summed E-state index contributed by atoms with van der Waals surface area (Å²) in [4.78, 5) is 16.7. The molecule has 0 fully saturated rings. The Morgan fingerprint density at radius 2 is 2.03 bits per heavy atom. The number of halogens is 2. The Morgan fingerprint density at radius 3 is 2.80 bits per heavy atom. The lowest BCUT2D eigenvalue weighted by atomic mass is 9.92. The number of para-hydroxylation sites is 1. The molecule has 0 unspecified atom stereocenters. The maximum Gasteiger partial charge on any atom is 0.319 e. The van der Waals surface area contributed by atoms with Crippen LogP contribution in [0.5, 0.6) is 0 Å². The van der Waals surface area contributed by atoms with E-state index in [-0.39, 0.29) is 11.6 Å². The van der Waals surface area contributed by atoms with Crippen molar-refractivity contribution in [3.63, 3.8) is 0 Å². The largest absolute Gasteiger partial charge is 0.350 e. The van der Waals surface area contributed by atoms with Crippen LogP contribution in [0.2, 0.25) is 0 Å². The zero-order chi connectivity index (χ0) is 21.1. The number of rotatable bonds is 5. The summed E-state index contributed by atoms with van der Waals surface area (Å²) in [6, 6.07) is 16.1. The van der Waals surface area contributed by atoms with Crippen molar-refractivity contribution in [3.8, 4) is 0 Å². The van der Waals surface area contributed by atoms with Gasteiger partial charge in [-0.3, -0.25) is 4.98 Å². The average molecular weight is 467 g/mol. The van der Waals surface area contributed by atoms with Crippen molar-refractivity contribution < 1.29 is 9.18 Å². The Kier molecular flexibility index (Phi) is 5.81. The minimum atomic E-state index is -0.502. The van der Waals surface area contributed by atoms with Gasteiger partial charge in [-0.15, -0.1) is 0 Å². The Hall–Kier alpha value is -3.19. The molecule has 1 atom stereocenters. The van der Waals surface area contributed by atoms with E-state index >= 15 is 0 Å². The number of hydrogen-bond acceptors (Lipinski definition) is 2. The third kappa shape index (κ3) is 4.21. The minimum Gasteiger partial charge on any atom is -0.350 e. The van der Waals surface area contributed by atoms with E-state index in [1.807, 2.05) is 31.3 Å². The van der Waals surface area contributed by atoms with Crippen LogP contribution in [0.25, 0.3) is 10.9 Å². The third-order valence-corrected chi connectivity index (χ3v) is 5.53. The molecule has 0 radical (unpaired) electrons. The van der Waals surface area contributed by atoms with Crippen LogP contribution in [0.15, 0.2) is 77.7 Å². The van der Waals surface area contributed by atoms with Crippen molar-refractivity contribution in [2.45, 2.75) is 5.92 Å². The van der Waals surface area contributed by atoms with E-state index in [9.17, 15) is 9.18 Å². The Labute approximate surface area is 182 Å². The number of aryl methyl sites for hydroxylation is 1. The molecule has 0 spiro atoms. The van der Waals surface area contributed by atoms with Crippen molar-refractivity contribution in [2.24, 2.45) is 7.05 Å². The summed E-state index contributed by atoms with van der Waals surface area (Å²) in [5, 5.41) is 6.57. The molecule has 4 rings (SSSR count). The lowest BCUT2D eigenvalue weighted by Crippen LogP contribution is -2.33. The predicted molar refractivity (Wildman–Crippen MR) is 120 cm³/mol. The van der Waals surface area contributed by atoms with Crippen LogP contribution >= 0.6 is 15.9 Å². The molecule has 0 bridgehead atoms. The van der Waals surface area contributed by atoms with Gasteiger partial charge in [-0.2, -0.15) is 0 Å². The van der Waals surface area contributed by atoms with Crippen LogP contribution in [-0.2, 0) is 7.05 Å². The molecule has 2 heterocycles. The molecule has 0 saturated carbocycles. The molecule has 0 aliphatic rings. The number of nitrogens with one attached hydrogen (secondary N) is 2. The lowest BCUT2D eigenvalue weighted by Gasteiger charge is -2.18. The topological polar surface area (TPSA) is 59.0 Å². The highest BCUT2D eigenvalue weighted by Gasteiger charge is 2.20. The number of benzene rings is 2. The van der Waals surface area contributed by atoms with Crippen molar-refractivity contribution >= 4 is 38.6 Å². The highest BCUT2D eigenvalue weighted by atomic mass is 79.9. The second-order valence-electron chi connectivity index (χ2n) is 7.01. The standard InChI is InChI=1S/C23H20BrFN4O/c1-29-14-19(17-6-2-3-7-22(17)29)18(15-5-4-10-26-12-15)13-27-23(30)28-21-9-8-16(24)11-20(21)25/h2-12,14,18H,13H2,1H3,(H2,27,28,30)/t18-/m1/s1. The van der Waals surface area contributed by atoms with Gasteiger partial charge >= 0.3 is 6.03 Å². The van der Waals surface area contributed by atoms with Crippen LogP contribution in [0.1, 0.15) is 17.0 Å². The Morgan fingerprint density at radius 1 is 1.20 bits per heavy atom. The molecule has 7 heteroatoms. The molecular formula is C23H20BrFN4O. The van der Waals surface area contributed by atoms with Gasteiger partial charge in [0.05, 0.1) is 5.69 Å². The van der Waals surface area contributed by atoms with Crippen molar-refractivity contribution in [2.75, 3.05) is 11.9 Å². The number of anilines is 1. The Balaban J connectivity index is 1.59. The summed E-state index contributed by atoms with van der Waals surface area (Å²) in [5.74, 6) is -0.609. The molecule has 2 N–H and O–H groups in total. The van der Waals surface area contributed by atoms with Gasteiger partial charge in [0.2, 0.25) is 0 Å². The number of hydrogen-bond donors (Lipinski definition) is 2. The molecule has 152 valence electrons. The van der Waals surface area contributed by atoms with Gasteiger partial charge in [-0.05, 0) is 41.5 Å². The highest BCUT2D eigenvalue weighted by Crippen LogP contribution is 2.31. The molecular weight excluding hydrogens is 447 g/mol. The predicted octanol–water partition coefficient (Wildman–Crippen LogP) is 5.43. The molecule has 0 saturated heterocycles. The number of fused-ring (bicyclic) bond motifs is 1. The molecule has 4 aromatic rings. The van der Waals surface area contributed by atoms with E-state index in [0.29, 0.717) is 11.0 Å². The van der Waals surface area contributed by atoms with Crippen molar-refractivity contribution in [1.29, 1.82) is 0 Å². The fourth-order valence-electron chi connectivity index (χ4n) is 3.59. The SMILES string of the molecule is Cn1cc([C@H](CNC(=O)Nc2ccc(Br)cc2F)c2cccnc2)c2ccccc21. The number of aromatic nitrogens is 2. The summed E-state index contributed by atoms with van der Waals surface area (Å²) < 4.78 is 16.7. The summed E-state index contributed by atoms with van der Waals surface area (Å²) >= 11 is 3.21. The van der Waals surface area contributed by atoms with Crippen LogP contribution in [0.4, 0.5) is 14.9 Å². The van der Waals surface area contributed by atoms with Gasteiger partial charge in [0.25, 0.3) is 0 Å². The van der Waals surface area contributed by atoms with Gasteiger partial charge in [0.15, 0.2) is 0 Å². The van der Waals surface area contributed by atoms with Crippen LogP contribution < -0.4 is 10.6 Å². The van der Waals surface area contributed by atoms with Crippen molar-refractivity contribution in [3.05, 3.63) is 94.6 Å². The summed E-state index contributed by atoms with van der Waals surface area (Å²) in [6.45, 7) is 0.337. The fraction of sp³-hybridized carbons (Fsp3) is 0.130. The van der Waals surface area contributed by atoms with Gasteiger partial charge in [-0.1, -0.05) is 40.2 Å². The first-order chi connectivity index (χ1) is 14.5. The maximum atomic E-state index is 14.0. The number of pyridine rings is 1. The molecule has 30 heavy (non-hydrogen) atoms. The number of urea groups is 1. The van der Waals surface area contributed by atoms with E-state index in [4.69, 9.17) is 0 Å². The van der Waals surface area contributed by atoms with E-state index in [2.05, 4.69) is 54.4 Å². The zero-order valence-corrected chi connectivity index (χ0v) is 17.9. The van der Waals surface area contributed by atoms with Crippen LogP contribution in [0, 0.1) is 5.82 Å². The smallest absolute Gasteiger partial charge is 0.319 e. The molecule has 0 aliphatic carbocycles. The van der Waals surface area contributed by atoms with Gasteiger partial charge in [0.1, 0.15) is 5.82 Å². The van der Waals surface area contributed by atoms with E-state index in [1.165, 1.54) is 12.1 Å². The van der Waals surface area contributed by atoms with Crippen molar-refractivity contribution in [1.82, 2.24) is 14.9 Å². The highest BCUT2D eigenvalue weighted by molar-refractivity contribution is 9.10. The number of nitrogens with zero attached hydrogens (tertiary/aromatic N) is 2. The molecule has 0 aliphatic heterocycles. The number of carbonyl (C=O) groups is 1. The number of amides is 2. The van der Waals surface area contributed by atoms with Gasteiger partial charge in [-0.25, -0.2) is 9.18 Å². The van der Waals surface area contributed by atoms with Gasteiger partial charge in [0, 0.05) is 53.5 Å². The van der Waals surface area contributed by atoms with Gasteiger partial charge < -0.3 is 15.2 Å². The monoisotopic (exact) mass is 466 g/mol. The quantitative estimate of drug-likeness (QED) is 0.412. The first kappa shape index (κ1) is 20.1. The summed E-state index contributed by atoms with van der Waals surface area (Å²) in [7, 11) is 2.00. The maximum absolute atomic E-state index is 14.0. The van der Waals surface area contributed by atoms with E-state index in [1.54, 1.807) is 18.5 Å². The summed E-state index contributed by atoms with van der Waals surface area (Å²) in [5.41, 5.74) is 3.32. The summed E-state index contributed by atoms with van der Waals surface area (Å²) in [6.07, 6.45) is 5.61. The lowest BCUT2D eigenvalue weighted by molar-refractivity contribution is 0.251. The second-order valence-corrected chi connectivity index (χ2v) is 7.93. The molecule has 2 amide bonds. The van der Waals surface area contributed by atoms with E-state index in [0.717, 1.165) is 22.0 Å². The fourth-order valence-corrected chi connectivity index (χ4v) is 3.93. The average Bonchev–Trinajstić information content (AvgIpc) is 3.08. The minimum absolute atomic E-state index is 0.106. The number of carbonyl (C=O) groups excluding carboxylic acids is 1.